The van der Waals surface area contributed by atoms with Crippen molar-refractivity contribution in [2.75, 3.05) is 0 Å². The molecular formula is C48H59N5O12S. The molecule has 1 aromatic heterocycles. The molecule has 0 spiro atoms. The number of nitrogens with zero attached hydrogens (tertiary/aromatic N) is 1. The molecule has 4 aromatic rings. The summed E-state index contributed by atoms with van der Waals surface area (Å²) in [6, 6.07) is 21.6. The van der Waals surface area contributed by atoms with Crippen LogP contribution in [-0.2, 0) is 61.3 Å². The second kappa shape index (κ2) is 23.4. The van der Waals surface area contributed by atoms with Crippen LogP contribution >= 0.6 is 0 Å². The number of hydrogen-bond donors (Lipinski definition) is 4. The zero-order valence-corrected chi connectivity index (χ0v) is 39.2. The van der Waals surface area contributed by atoms with Gasteiger partial charge in [-0.1, -0.05) is 86.6 Å². The summed E-state index contributed by atoms with van der Waals surface area (Å²) in [4.78, 5) is 86.4. The van der Waals surface area contributed by atoms with Crippen molar-refractivity contribution in [3.63, 3.8) is 0 Å². The average molecular weight is 930 g/mol. The number of nitrogens with one attached hydrogen (secondary N) is 4. The first kappa shape index (κ1) is 51.8. The fraction of sp³-hybridized carbons (Fsp3) is 0.396. The summed E-state index contributed by atoms with van der Waals surface area (Å²) in [5.74, 6) is -4.77. The normalized spacial score (nSPS) is 13.7. The van der Waals surface area contributed by atoms with Gasteiger partial charge < -0.3 is 39.7 Å². The van der Waals surface area contributed by atoms with E-state index in [1.807, 2.05) is 12.1 Å². The predicted octanol–water partition coefficient (Wildman–Crippen LogP) is 5.57. The standard InChI is InChI=1S/C48H59N5O12S/c1-31(2)42(45(58)50-35(28-40(54)63-47(3,4)5)25-26-66(60,61)65-36-20-13-10-14-21-36)53-44(57)38(27-34-24-23-33-19-15-16-22-37(33)49-34)51-43(56)39(29-41(55)64-48(6,7)8)52-46(59)62-30-32-17-11-9-12-18-32/h9-26,31,35,38-39,42H,27-30H2,1-8H3,(H,50,58)(H,51,56)(H,52,59)(H,53,57)/b26-25+/t35-,38?,39+,42+/m1/s1. The fourth-order valence-electron chi connectivity index (χ4n) is 6.20. The van der Waals surface area contributed by atoms with E-state index in [0.29, 0.717) is 22.2 Å². The summed E-state index contributed by atoms with van der Waals surface area (Å²) in [5, 5.41) is 11.9. The molecule has 4 amide bonds. The van der Waals surface area contributed by atoms with Crippen LogP contribution in [0.25, 0.3) is 10.9 Å². The Kier molecular flexibility index (Phi) is 18.4. The molecule has 4 N–H and O–H groups in total. The van der Waals surface area contributed by atoms with E-state index in [9.17, 15) is 37.2 Å². The quantitative estimate of drug-likeness (QED) is 0.0483. The number of carbonyl (C=O) groups is 6. The number of rotatable bonds is 20. The van der Waals surface area contributed by atoms with Crippen LogP contribution in [0.4, 0.5) is 4.79 Å². The molecule has 18 heteroatoms. The predicted molar refractivity (Wildman–Crippen MR) is 246 cm³/mol. The van der Waals surface area contributed by atoms with Crippen LogP contribution in [0.5, 0.6) is 5.75 Å². The summed E-state index contributed by atoms with van der Waals surface area (Å²) in [6.07, 6.45) is -1.30. The number of esters is 2. The minimum absolute atomic E-state index is 0.0351. The lowest BCUT2D eigenvalue weighted by atomic mass is 10.0. The van der Waals surface area contributed by atoms with Gasteiger partial charge in [-0.05, 0) is 83.4 Å². The van der Waals surface area contributed by atoms with E-state index in [2.05, 4.69) is 26.3 Å². The Hall–Kier alpha value is -6.82. The fourth-order valence-corrected chi connectivity index (χ4v) is 7.02. The van der Waals surface area contributed by atoms with Crippen molar-refractivity contribution in [3.8, 4) is 5.75 Å². The number of hydrogen-bond acceptors (Lipinski definition) is 13. The zero-order chi connectivity index (χ0) is 48.7. The maximum Gasteiger partial charge on any atom is 0.408 e. The molecule has 4 rings (SSSR count). The molecule has 354 valence electrons. The molecule has 0 radical (unpaired) electrons. The van der Waals surface area contributed by atoms with Gasteiger partial charge in [0.15, 0.2) is 0 Å². The van der Waals surface area contributed by atoms with Crippen LogP contribution < -0.4 is 25.5 Å². The molecule has 0 fully saturated rings. The molecule has 4 atom stereocenters. The lowest BCUT2D eigenvalue weighted by molar-refractivity contribution is -0.157. The van der Waals surface area contributed by atoms with Gasteiger partial charge in [-0.2, -0.15) is 8.42 Å². The van der Waals surface area contributed by atoms with E-state index in [4.69, 9.17) is 18.4 Å². The van der Waals surface area contributed by atoms with Crippen molar-refractivity contribution in [1.82, 2.24) is 26.3 Å². The van der Waals surface area contributed by atoms with Crippen molar-refractivity contribution in [1.29, 1.82) is 0 Å². The molecule has 0 aliphatic rings. The van der Waals surface area contributed by atoms with Crippen LogP contribution in [0.1, 0.15) is 79.5 Å². The number of para-hydroxylation sites is 2. The first-order chi connectivity index (χ1) is 30.9. The van der Waals surface area contributed by atoms with Gasteiger partial charge in [-0.25, -0.2) is 4.79 Å². The highest BCUT2D eigenvalue weighted by molar-refractivity contribution is 7.90. The summed E-state index contributed by atoms with van der Waals surface area (Å²) in [5.41, 5.74) is -0.200. The SMILES string of the molecule is CC(C)[C@H](NC(=O)C(Cc1ccc2ccccc2n1)NC(=O)[C@H](CC(=O)OC(C)(C)C)NC(=O)OCc1ccccc1)C(=O)N[C@H](/C=C/S(=O)(=O)Oc1ccccc1)CC(=O)OC(C)(C)C. The largest absolute Gasteiger partial charge is 0.460 e. The number of amides is 4. The van der Waals surface area contributed by atoms with Crippen molar-refractivity contribution in [2.45, 2.75) is 117 Å². The lowest BCUT2D eigenvalue weighted by Gasteiger charge is -2.28. The van der Waals surface area contributed by atoms with Crippen LogP contribution in [0.2, 0.25) is 0 Å². The van der Waals surface area contributed by atoms with E-state index in [1.54, 1.807) is 128 Å². The molecule has 0 aliphatic carbocycles. The third-order valence-electron chi connectivity index (χ3n) is 9.13. The molecule has 0 aliphatic heterocycles. The smallest absolute Gasteiger partial charge is 0.408 e. The number of fused-ring (bicyclic) bond motifs is 1. The minimum atomic E-state index is -4.37. The Morgan fingerprint density at radius 3 is 1.85 bits per heavy atom. The van der Waals surface area contributed by atoms with Crippen LogP contribution in [-0.4, -0.2) is 84.5 Å². The van der Waals surface area contributed by atoms with Crippen molar-refractivity contribution >= 4 is 56.8 Å². The van der Waals surface area contributed by atoms with Gasteiger partial charge >= 0.3 is 28.1 Å². The number of carbonyl (C=O) groups excluding carboxylic acids is 6. The number of pyridine rings is 1. The third-order valence-corrected chi connectivity index (χ3v) is 10.0. The summed E-state index contributed by atoms with van der Waals surface area (Å²) in [6.45, 7) is 13.0. The van der Waals surface area contributed by atoms with Crippen LogP contribution in [0.3, 0.4) is 0 Å². The Bertz CT molecular complexity index is 2450. The van der Waals surface area contributed by atoms with Gasteiger partial charge in [0.1, 0.15) is 41.7 Å². The first-order valence-corrected chi connectivity index (χ1v) is 22.8. The van der Waals surface area contributed by atoms with E-state index in [-0.39, 0.29) is 18.8 Å². The topological polar surface area (TPSA) is 234 Å². The number of alkyl carbamates (subject to hydrolysis) is 1. The Morgan fingerprint density at radius 1 is 0.652 bits per heavy atom. The maximum absolute atomic E-state index is 14.4. The van der Waals surface area contributed by atoms with Crippen molar-refractivity contribution < 1.29 is 55.6 Å². The van der Waals surface area contributed by atoms with E-state index < -0.39 is 100 Å². The van der Waals surface area contributed by atoms with Gasteiger partial charge in [0.2, 0.25) is 17.7 Å². The van der Waals surface area contributed by atoms with Crippen LogP contribution in [0, 0.1) is 5.92 Å². The molecule has 1 unspecified atom stereocenters. The van der Waals surface area contributed by atoms with Gasteiger partial charge in [0, 0.05) is 17.5 Å². The van der Waals surface area contributed by atoms with E-state index in [0.717, 1.165) is 11.5 Å². The molecule has 1 heterocycles. The van der Waals surface area contributed by atoms with Crippen molar-refractivity contribution in [2.24, 2.45) is 5.92 Å². The third kappa shape index (κ3) is 18.3. The lowest BCUT2D eigenvalue weighted by Crippen LogP contribution is -2.59. The molecule has 17 nitrogen and oxygen atoms in total. The molecule has 0 saturated heterocycles. The van der Waals surface area contributed by atoms with Gasteiger partial charge in [0.05, 0.1) is 29.8 Å². The Balaban J connectivity index is 1.62. The van der Waals surface area contributed by atoms with Gasteiger partial charge in [-0.3, -0.25) is 29.0 Å². The van der Waals surface area contributed by atoms with E-state index in [1.165, 1.54) is 12.1 Å². The van der Waals surface area contributed by atoms with Crippen LogP contribution in [0.15, 0.2) is 109 Å². The Labute approximate surface area is 385 Å². The first-order valence-electron chi connectivity index (χ1n) is 21.3. The average Bonchev–Trinajstić information content (AvgIpc) is 3.22. The molecule has 3 aromatic carbocycles. The van der Waals surface area contributed by atoms with Crippen molar-refractivity contribution in [3.05, 3.63) is 120 Å². The summed E-state index contributed by atoms with van der Waals surface area (Å²) < 4.78 is 47.2. The molecule has 66 heavy (non-hydrogen) atoms. The monoisotopic (exact) mass is 929 g/mol. The minimum Gasteiger partial charge on any atom is -0.460 e. The highest BCUT2D eigenvalue weighted by Gasteiger charge is 2.34. The number of benzene rings is 3. The summed E-state index contributed by atoms with van der Waals surface area (Å²) >= 11 is 0. The maximum atomic E-state index is 14.4. The second-order valence-electron chi connectivity index (χ2n) is 17.7. The van der Waals surface area contributed by atoms with E-state index >= 15 is 0 Å². The summed E-state index contributed by atoms with van der Waals surface area (Å²) in [7, 11) is -4.37. The highest BCUT2D eigenvalue weighted by atomic mass is 32.2. The number of ether oxygens (including phenoxy) is 3. The molecule has 0 bridgehead atoms. The number of aromatic nitrogens is 1. The Morgan fingerprint density at radius 2 is 1.23 bits per heavy atom. The second-order valence-corrected chi connectivity index (χ2v) is 19.1. The van der Waals surface area contributed by atoms with Gasteiger partial charge in [0.25, 0.3) is 0 Å². The van der Waals surface area contributed by atoms with Gasteiger partial charge in [-0.15, -0.1) is 0 Å². The zero-order valence-electron chi connectivity index (χ0n) is 38.4. The molecular weight excluding hydrogens is 871 g/mol. The molecule has 0 saturated carbocycles. The highest BCUT2D eigenvalue weighted by Crippen LogP contribution is 2.17.